The van der Waals surface area contributed by atoms with Crippen molar-refractivity contribution < 1.29 is 144 Å². The Morgan fingerprint density at radius 1 is 0.338 bits per heavy atom. The Hall–Kier alpha value is -10.8. The molecule has 2 aromatic carbocycles. The van der Waals surface area contributed by atoms with Crippen molar-refractivity contribution in [3.63, 3.8) is 0 Å². The number of pyridine rings is 1. The topological polar surface area (TPSA) is 465 Å². The normalized spacial score (nSPS) is 11.5. The van der Waals surface area contributed by atoms with E-state index in [1.54, 1.807) is 44.4 Å². The monoisotopic (exact) mass is 1930 g/mol. The molecule has 0 bridgehead atoms. The number of hydrogen-bond acceptors (Lipinski definition) is 29. The fourth-order valence-corrected chi connectivity index (χ4v) is 10.8. The number of esters is 9. The molecule has 0 aliphatic rings. The molecule has 2 unspecified atom stereocenters. The fourth-order valence-electron chi connectivity index (χ4n) is 10.8. The number of carboxylic acid groups (broad SMARTS) is 2. The molecule has 772 valence electrons. The number of ketones is 1. The van der Waals surface area contributed by atoms with E-state index >= 15 is 0 Å². The van der Waals surface area contributed by atoms with Crippen molar-refractivity contribution in [2.24, 2.45) is 38.9 Å². The molecule has 34 heteroatoms. The number of rotatable bonds is 65. The number of hydrogen-bond donors (Lipinski definition) is 5. The average Bonchev–Trinajstić information content (AvgIpc) is 0.844. The molecular weight excluding hydrogens is 1760 g/mol. The third-order valence-electron chi connectivity index (χ3n) is 22.4. The molecule has 5 N–H and O–H groups in total. The van der Waals surface area contributed by atoms with Crippen LogP contribution in [-0.2, 0) is 118 Å². The van der Waals surface area contributed by atoms with E-state index in [-0.39, 0.29) is 144 Å². The van der Waals surface area contributed by atoms with Gasteiger partial charge in [0, 0.05) is 51.0 Å². The molecule has 2 atom stereocenters. The number of alkyl carbamates (subject to hydrolysis) is 2. The van der Waals surface area contributed by atoms with Crippen molar-refractivity contribution in [3.05, 3.63) is 95.3 Å². The lowest BCUT2D eigenvalue weighted by Gasteiger charge is -2.20. The first-order valence-corrected chi connectivity index (χ1v) is 48.3. The Labute approximate surface area is 807 Å². The van der Waals surface area contributed by atoms with Crippen molar-refractivity contribution >= 4 is 89.7 Å². The second-order valence-electron chi connectivity index (χ2n) is 35.8. The van der Waals surface area contributed by atoms with E-state index in [4.69, 9.17) is 71.8 Å². The quantitative estimate of drug-likeness (QED) is 0.0199. The van der Waals surface area contributed by atoms with E-state index in [2.05, 4.69) is 48.6 Å². The number of Topliss-reactive ketones (excluding diaryl/α,β-unsaturated/α-hetero) is 1. The van der Waals surface area contributed by atoms with Gasteiger partial charge in [-0.1, -0.05) is 125 Å². The molecule has 1 heterocycles. The molecule has 3 rings (SSSR count). The average molecular weight is 1930 g/mol. The number of carbonyl (C=O) groups excluding carboxylic acids is 13. The lowest BCUT2D eigenvalue weighted by atomic mass is 9.91. The van der Waals surface area contributed by atoms with Crippen LogP contribution in [0.5, 0.6) is 5.75 Å². The molecule has 0 saturated heterocycles. The van der Waals surface area contributed by atoms with E-state index < -0.39 is 63.3 Å². The van der Waals surface area contributed by atoms with Gasteiger partial charge in [0.05, 0.1) is 111 Å². The van der Waals surface area contributed by atoms with Gasteiger partial charge >= 0.3 is 83.9 Å². The van der Waals surface area contributed by atoms with Crippen LogP contribution >= 0.6 is 0 Å². The van der Waals surface area contributed by atoms with E-state index in [0.717, 1.165) is 76.2 Å². The number of nitrogens with zero attached hydrogens (tertiary/aromatic N) is 1. The Bertz CT molecular complexity index is 3920. The van der Waals surface area contributed by atoms with Gasteiger partial charge < -0.3 is 87.7 Å². The minimum atomic E-state index is -1.20. The summed E-state index contributed by atoms with van der Waals surface area (Å²) in [6, 6.07) is 15.7. The van der Waals surface area contributed by atoms with Gasteiger partial charge in [-0.25, -0.2) is 24.0 Å². The van der Waals surface area contributed by atoms with Gasteiger partial charge in [0.1, 0.15) is 44.6 Å². The van der Waals surface area contributed by atoms with E-state index in [9.17, 15) is 71.9 Å². The van der Waals surface area contributed by atoms with E-state index in [1.807, 2.05) is 102 Å². The molecule has 136 heavy (non-hydrogen) atoms. The summed E-state index contributed by atoms with van der Waals surface area (Å²) in [5, 5.41) is 25.3. The summed E-state index contributed by atoms with van der Waals surface area (Å²) in [5.41, 5.74) is -1.15. The molecule has 3 aromatic rings. The highest BCUT2D eigenvalue weighted by atomic mass is 16.6. The lowest BCUT2D eigenvalue weighted by Crippen LogP contribution is -2.32. The molecule has 3 amide bonds. The third-order valence-corrected chi connectivity index (χ3v) is 22.4. The highest BCUT2D eigenvalue weighted by Crippen LogP contribution is 2.27. The van der Waals surface area contributed by atoms with Crippen LogP contribution < -0.4 is 20.7 Å². The van der Waals surface area contributed by atoms with Crippen molar-refractivity contribution in [1.29, 1.82) is 0 Å². The predicted octanol–water partition coefficient (Wildman–Crippen LogP) is 18.6. The summed E-state index contributed by atoms with van der Waals surface area (Å²) in [4.78, 5) is 178. The summed E-state index contributed by atoms with van der Waals surface area (Å²) in [5.74, 6) is -3.50. The number of carboxylic acids is 2. The SMILES string of the molecule is CCC(C)(C)C(=O)OCCCC(=O)Cc1ccncc1.CCC(C)(C)C(=O)OCCOC(=O)c1ccccc1C(=O)O.CCC(C)(C)C(=O)OCCOCCNC(=O)Oc1ccc(CC(=O)O)cc1.CCCCC(CC)COC(=O)CCCCCOC(=O)NCCOC(=O)C(C)(C)CC.CCCCC(CC)COC(=O)CCCCOC(=O)CCCCCOC(=O)NCCOC(=O)C(C)(C)CC. The number of ether oxygens (including phenoxy) is 13. The van der Waals surface area contributed by atoms with Gasteiger partial charge in [-0.2, -0.15) is 0 Å². The van der Waals surface area contributed by atoms with Gasteiger partial charge in [0.15, 0.2) is 0 Å². The van der Waals surface area contributed by atoms with Gasteiger partial charge in [-0.15, -0.1) is 0 Å². The predicted molar refractivity (Wildman–Crippen MR) is 513 cm³/mol. The van der Waals surface area contributed by atoms with Crippen LogP contribution in [0.4, 0.5) is 14.4 Å². The number of nitrogens with one attached hydrogen (secondary N) is 3. The summed E-state index contributed by atoms with van der Waals surface area (Å²) >= 11 is 0. The van der Waals surface area contributed by atoms with Crippen LogP contribution in [0.1, 0.15) is 330 Å². The third kappa shape index (κ3) is 64.3. The molecule has 34 nitrogen and oxygen atoms in total. The maximum absolute atomic E-state index is 11.9. The maximum Gasteiger partial charge on any atom is 0.412 e. The van der Waals surface area contributed by atoms with Crippen LogP contribution in [0, 0.1) is 38.9 Å². The van der Waals surface area contributed by atoms with E-state index in [1.165, 1.54) is 36.8 Å². The highest BCUT2D eigenvalue weighted by molar-refractivity contribution is 6.02. The number of benzene rings is 2. The number of amides is 3. The Morgan fingerprint density at radius 2 is 0.699 bits per heavy atom. The van der Waals surface area contributed by atoms with Crippen molar-refractivity contribution in [2.75, 3.05) is 106 Å². The Kier molecular flexibility index (Phi) is 70.5. The molecule has 0 saturated carbocycles. The summed E-state index contributed by atoms with van der Waals surface area (Å²) in [7, 11) is 0. The first kappa shape index (κ1) is 127. The fraction of sp³-hybridized carbons (Fsp3) is 0.686. The van der Waals surface area contributed by atoms with Crippen molar-refractivity contribution in [2.45, 2.75) is 311 Å². The Morgan fingerprint density at radius 3 is 1.12 bits per heavy atom. The van der Waals surface area contributed by atoms with Crippen molar-refractivity contribution in [3.8, 4) is 5.75 Å². The van der Waals surface area contributed by atoms with E-state index in [0.29, 0.717) is 152 Å². The second kappa shape index (κ2) is 75.3. The molecule has 0 fully saturated rings. The Balaban J connectivity index is 0. The molecule has 0 radical (unpaired) electrons. The molecule has 0 aliphatic carbocycles. The number of carbonyl (C=O) groups is 15. The first-order valence-electron chi connectivity index (χ1n) is 48.3. The van der Waals surface area contributed by atoms with Crippen molar-refractivity contribution in [1.82, 2.24) is 20.9 Å². The zero-order valence-electron chi connectivity index (χ0n) is 85.0. The summed E-state index contributed by atoms with van der Waals surface area (Å²) in [6.07, 6.45) is 21.8. The summed E-state index contributed by atoms with van der Waals surface area (Å²) < 4.78 is 67.0. The van der Waals surface area contributed by atoms with Gasteiger partial charge in [0.25, 0.3) is 0 Å². The number of aromatic nitrogens is 1. The highest BCUT2D eigenvalue weighted by Gasteiger charge is 2.32. The van der Waals surface area contributed by atoms with Crippen LogP contribution in [0.2, 0.25) is 0 Å². The molecule has 0 spiro atoms. The molecular formula is C102H164N4O30. The van der Waals surface area contributed by atoms with Gasteiger partial charge in [0.2, 0.25) is 0 Å². The lowest BCUT2D eigenvalue weighted by molar-refractivity contribution is -0.156. The molecule has 0 aliphatic heterocycles. The number of unbranched alkanes of at least 4 members (excludes halogenated alkanes) is 7. The largest absolute Gasteiger partial charge is 0.481 e. The van der Waals surface area contributed by atoms with Gasteiger partial charge in [-0.05, 0) is 231 Å². The molecule has 1 aromatic heterocycles. The standard InChI is InChI=1S/C28H51NO8.C23H43NO6.C19H27NO7.C16H23NO3.C16H20O6/c1-6-9-15-23(7-2)22-37-25(31)17-12-14-19-34-24(30)16-11-10-13-20-36-27(33)29-18-21-35-26(32)28(4,5)8-3;1-6-9-13-19(7-2)18-30-20(25)14-11-10-12-16-29-22(27)24-15-17-28-21(26)23(4,5)8-3;1-4-19(2,3)17(23)26-12-11-25-10-9-20-18(24)27-15-7-5-14(6-8-15)13-16(21)22;1-4-16(2,3)15(19)20-11-5-6-14(18)12-13-7-9-17-10-8-13;1-4-16(2,3)15(20)22-10-9-21-14(19)12-8-6-5-7-11(12)13(17)18/h23H,6-22H2,1-5H3,(H,29,33);19H,6-18H2,1-5H3,(H,24,27);5-8H,4,9-13H2,1-3H3,(H,20,24)(H,21,22);7-10H,4-6,11-12H2,1-3H3;5-8H,4,9-10H2,1-3H3,(H,17,18). The maximum atomic E-state index is 11.9. The zero-order chi connectivity index (χ0) is 103. The smallest absolute Gasteiger partial charge is 0.412 e. The van der Waals surface area contributed by atoms with Crippen LogP contribution in [0.3, 0.4) is 0 Å². The van der Waals surface area contributed by atoms with Crippen LogP contribution in [0.15, 0.2) is 73.1 Å². The minimum absolute atomic E-state index is 0.0322. The zero-order valence-corrected chi connectivity index (χ0v) is 85.0. The first-order chi connectivity index (χ1) is 64.4. The summed E-state index contributed by atoms with van der Waals surface area (Å²) in [6.45, 7) is 39.9. The van der Waals surface area contributed by atoms with Crippen LogP contribution in [-0.4, -0.2) is 210 Å². The minimum Gasteiger partial charge on any atom is -0.481 e. The second-order valence-corrected chi connectivity index (χ2v) is 35.8. The number of aliphatic carboxylic acids is 1. The van der Waals surface area contributed by atoms with Crippen LogP contribution in [0.25, 0.3) is 0 Å². The number of aromatic carboxylic acids is 1. The van der Waals surface area contributed by atoms with Gasteiger partial charge in [-0.3, -0.25) is 52.9 Å².